The van der Waals surface area contributed by atoms with Crippen LogP contribution in [0.3, 0.4) is 0 Å². The van der Waals surface area contributed by atoms with Crippen molar-refractivity contribution in [3.8, 4) is 11.5 Å². The Morgan fingerprint density at radius 3 is 1.93 bits per heavy atom. The molecule has 29 heavy (non-hydrogen) atoms. The van der Waals surface area contributed by atoms with E-state index in [4.69, 9.17) is 4.74 Å². The third kappa shape index (κ3) is 5.62. The van der Waals surface area contributed by atoms with Gasteiger partial charge in [0.15, 0.2) is 0 Å². The van der Waals surface area contributed by atoms with Crippen molar-refractivity contribution >= 4 is 17.6 Å². The van der Waals surface area contributed by atoms with E-state index in [1.807, 2.05) is 0 Å². The third-order valence-corrected chi connectivity index (χ3v) is 3.61. The van der Waals surface area contributed by atoms with Gasteiger partial charge in [0, 0.05) is 6.42 Å². The highest BCUT2D eigenvalue weighted by molar-refractivity contribution is 6.00. The van der Waals surface area contributed by atoms with Gasteiger partial charge in [0.25, 0.3) is 0 Å². The van der Waals surface area contributed by atoms with Crippen molar-refractivity contribution in [1.82, 2.24) is 0 Å². The molecule has 0 spiro atoms. The molecule has 0 unspecified atom stereocenters. The Balaban J connectivity index is 2.46. The van der Waals surface area contributed by atoms with Gasteiger partial charge in [-0.15, -0.1) is 0 Å². The second kappa shape index (κ2) is 8.02. The molecule has 0 saturated heterocycles. The maximum atomic E-state index is 12.9. The quantitative estimate of drug-likeness (QED) is 0.620. The summed E-state index contributed by atoms with van der Waals surface area (Å²) in [6.45, 7) is 1.53. The topological polar surface area (TPSA) is 75.6 Å². The number of ether oxygens (including phenoxy) is 1. The number of anilines is 1. The number of carbonyl (C=O) groups excluding carboxylic acids is 1. The summed E-state index contributed by atoms with van der Waals surface area (Å²) in [4.78, 5) is 22.8. The van der Waals surface area contributed by atoms with Crippen LogP contribution < -0.4 is 10.1 Å². The van der Waals surface area contributed by atoms with E-state index in [-0.39, 0.29) is 23.9 Å². The van der Waals surface area contributed by atoms with Crippen molar-refractivity contribution in [2.45, 2.75) is 25.7 Å². The molecule has 0 aliphatic carbocycles. The van der Waals surface area contributed by atoms with Gasteiger partial charge < -0.3 is 15.2 Å². The SMILES string of the molecule is CCC(=O)Nc1ccc(Oc2cc(C(F)(F)F)cc(C(F)(F)F)c2)cc1C(=O)O. The number of nitrogens with one attached hydrogen (secondary N) is 1. The lowest BCUT2D eigenvalue weighted by Gasteiger charge is -2.15. The van der Waals surface area contributed by atoms with Crippen LogP contribution in [0.1, 0.15) is 34.8 Å². The normalized spacial score (nSPS) is 11.8. The number of hydrogen-bond acceptors (Lipinski definition) is 3. The Morgan fingerprint density at radius 1 is 0.931 bits per heavy atom. The van der Waals surface area contributed by atoms with Gasteiger partial charge in [-0.2, -0.15) is 26.3 Å². The molecule has 5 nitrogen and oxygen atoms in total. The molecular formula is C18H13F6NO4. The molecule has 2 rings (SSSR count). The molecule has 0 saturated carbocycles. The van der Waals surface area contributed by atoms with E-state index in [1.165, 1.54) is 6.92 Å². The van der Waals surface area contributed by atoms with E-state index < -0.39 is 46.7 Å². The molecule has 156 valence electrons. The fraction of sp³-hybridized carbons (Fsp3) is 0.222. The number of carboxylic acids is 1. The van der Waals surface area contributed by atoms with Crippen molar-refractivity contribution in [2.75, 3.05) is 5.32 Å². The summed E-state index contributed by atoms with van der Waals surface area (Å²) in [5.74, 6) is -3.09. The highest BCUT2D eigenvalue weighted by Crippen LogP contribution is 2.39. The highest BCUT2D eigenvalue weighted by Gasteiger charge is 2.37. The molecule has 0 heterocycles. The van der Waals surface area contributed by atoms with Gasteiger partial charge in [0.2, 0.25) is 5.91 Å². The second-order valence-electron chi connectivity index (χ2n) is 5.76. The molecule has 2 aromatic rings. The molecule has 2 aromatic carbocycles. The summed E-state index contributed by atoms with van der Waals surface area (Å²) in [6, 6.07) is 3.76. The summed E-state index contributed by atoms with van der Waals surface area (Å²) in [7, 11) is 0. The molecule has 0 fully saturated rings. The largest absolute Gasteiger partial charge is 0.478 e. The number of halogens is 6. The number of rotatable bonds is 5. The van der Waals surface area contributed by atoms with Crippen LogP contribution in [0, 0.1) is 0 Å². The number of carboxylic acid groups (broad SMARTS) is 1. The summed E-state index contributed by atoms with van der Waals surface area (Å²) >= 11 is 0. The van der Waals surface area contributed by atoms with Crippen molar-refractivity contribution in [3.05, 3.63) is 53.1 Å². The fourth-order valence-corrected chi connectivity index (χ4v) is 2.23. The van der Waals surface area contributed by atoms with Gasteiger partial charge in [0.1, 0.15) is 11.5 Å². The summed E-state index contributed by atoms with van der Waals surface area (Å²) in [6.07, 6.45) is -10.1. The predicted octanol–water partition coefficient (Wildman–Crippen LogP) is 5.56. The number of aromatic carboxylic acids is 1. The van der Waals surface area contributed by atoms with Crippen molar-refractivity contribution in [3.63, 3.8) is 0 Å². The first kappa shape index (κ1) is 22.1. The number of benzene rings is 2. The van der Waals surface area contributed by atoms with E-state index >= 15 is 0 Å². The predicted molar refractivity (Wildman–Crippen MR) is 88.8 cm³/mol. The minimum atomic E-state index is -5.06. The van der Waals surface area contributed by atoms with E-state index in [0.29, 0.717) is 12.1 Å². The van der Waals surface area contributed by atoms with Crippen LogP contribution in [-0.4, -0.2) is 17.0 Å². The maximum Gasteiger partial charge on any atom is 0.416 e. The molecule has 0 aliphatic rings. The average Bonchev–Trinajstić information content (AvgIpc) is 2.61. The molecule has 0 radical (unpaired) electrons. The summed E-state index contributed by atoms with van der Waals surface area (Å²) < 4.78 is 82.5. The second-order valence-corrected chi connectivity index (χ2v) is 5.76. The Kier molecular flexibility index (Phi) is 6.10. The van der Waals surface area contributed by atoms with E-state index in [9.17, 15) is 41.0 Å². The molecular weight excluding hydrogens is 408 g/mol. The van der Waals surface area contributed by atoms with Crippen LogP contribution in [0.4, 0.5) is 32.0 Å². The fourth-order valence-electron chi connectivity index (χ4n) is 2.23. The van der Waals surface area contributed by atoms with Crippen LogP contribution in [0.15, 0.2) is 36.4 Å². The molecule has 0 bridgehead atoms. The summed E-state index contributed by atoms with van der Waals surface area (Å²) in [5, 5.41) is 11.6. The Labute approximate surface area is 159 Å². The molecule has 1 amide bonds. The Bertz CT molecular complexity index is 905. The Hall–Kier alpha value is -3.24. The van der Waals surface area contributed by atoms with Gasteiger partial charge in [-0.25, -0.2) is 4.79 Å². The number of hydrogen-bond donors (Lipinski definition) is 2. The first-order chi connectivity index (χ1) is 13.3. The van der Waals surface area contributed by atoms with Crippen molar-refractivity contribution in [1.29, 1.82) is 0 Å². The standard InChI is InChI=1S/C18H13F6NO4/c1-2-15(26)25-14-4-3-11(8-13(14)16(27)28)29-12-6-9(17(19,20)21)5-10(7-12)18(22,23)24/h3-8H,2H2,1H3,(H,25,26)(H,27,28). The van der Waals surface area contributed by atoms with Gasteiger partial charge in [0.05, 0.1) is 22.4 Å². The first-order valence-electron chi connectivity index (χ1n) is 7.95. The van der Waals surface area contributed by atoms with Crippen LogP contribution in [0.25, 0.3) is 0 Å². The molecule has 2 N–H and O–H groups in total. The highest BCUT2D eigenvalue weighted by atomic mass is 19.4. The van der Waals surface area contributed by atoms with E-state index in [2.05, 4.69) is 5.32 Å². The van der Waals surface area contributed by atoms with Crippen LogP contribution >= 0.6 is 0 Å². The minimum absolute atomic E-state index is 0.0566. The van der Waals surface area contributed by atoms with Crippen molar-refractivity contribution in [2.24, 2.45) is 0 Å². The number of carbonyl (C=O) groups is 2. The zero-order valence-corrected chi connectivity index (χ0v) is 14.6. The van der Waals surface area contributed by atoms with Gasteiger partial charge in [-0.1, -0.05) is 6.92 Å². The molecule has 0 atom stereocenters. The zero-order valence-electron chi connectivity index (χ0n) is 14.6. The van der Waals surface area contributed by atoms with Crippen LogP contribution in [0.5, 0.6) is 11.5 Å². The van der Waals surface area contributed by atoms with Gasteiger partial charge in [-0.05, 0) is 36.4 Å². The van der Waals surface area contributed by atoms with Crippen molar-refractivity contribution < 1.29 is 45.8 Å². The van der Waals surface area contributed by atoms with E-state index in [0.717, 1.165) is 18.2 Å². The number of amides is 1. The maximum absolute atomic E-state index is 12.9. The summed E-state index contributed by atoms with van der Waals surface area (Å²) in [5.41, 5.74) is -3.70. The number of alkyl halides is 6. The lowest BCUT2D eigenvalue weighted by atomic mass is 10.1. The van der Waals surface area contributed by atoms with Crippen LogP contribution in [-0.2, 0) is 17.1 Å². The average molecular weight is 421 g/mol. The molecule has 0 aromatic heterocycles. The monoisotopic (exact) mass is 421 g/mol. The lowest BCUT2D eigenvalue weighted by molar-refractivity contribution is -0.143. The van der Waals surface area contributed by atoms with Gasteiger partial charge in [-0.3, -0.25) is 4.79 Å². The lowest BCUT2D eigenvalue weighted by Crippen LogP contribution is -2.13. The molecule has 0 aliphatic heterocycles. The minimum Gasteiger partial charge on any atom is -0.478 e. The zero-order chi connectivity index (χ0) is 22.0. The van der Waals surface area contributed by atoms with Gasteiger partial charge >= 0.3 is 18.3 Å². The smallest absolute Gasteiger partial charge is 0.416 e. The molecule has 11 heteroatoms. The first-order valence-corrected chi connectivity index (χ1v) is 7.95. The third-order valence-electron chi connectivity index (χ3n) is 3.61. The van der Waals surface area contributed by atoms with Crippen LogP contribution in [0.2, 0.25) is 0 Å². The van der Waals surface area contributed by atoms with E-state index in [1.54, 1.807) is 0 Å². The Morgan fingerprint density at radius 2 is 1.48 bits per heavy atom.